The highest BCUT2D eigenvalue weighted by atomic mass is 19.4. The van der Waals surface area contributed by atoms with Gasteiger partial charge >= 0.3 is 6.18 Å². The SMILES string of the molecule is CC(C)COc1ccc(NCCNc2cccc(C(F)(F)F)c2)cc1. The molecule has 2 aromatic rings. The van der Waals surface area contributed by atoms with Gasteiger partial charge in [-0.05, 0) is 48.4 Å². The lowest BCUT2D eigenvalue weighted by atomic mass is 10.2. The van der Waals surface area contributed by atoms with Crippen LogP contribution < -0.4 is 15.4 Å². The number of halogens is 3. The van der Waals surface area contributed by atoms with Gasteiger partial charge in [0.2, 0.25) is 0 Å². The topological polar surface area (TPSA) is 33.3 Å². The molecule has 0 radical (unpaired) electrons. The van der Waals surface area contributed by atoms with Gasteiger partial charge in [0.25, 0.3) is 0 Å². The summed E-state index contributed by atoms with van der Waals surface area (Å²) in [4.78, 5) is 0. The van der Waals surface area contributed by atoms with Crippen molar-refractivity contribution in [1.82, 2.24) is 0 Å². The van der Waals surface area contributed by atoms with Gasteiger partial charge in [-0.2, -0.15) is 13.2 Å². The summed E-state index contributed by atoms with van der Waals surface area (Å²) in [6.07, 6.45) is -4.32. The summed E-state index contributed by atoms with van der Waals surface area (Å²) in [5, 5.41) is 6.20. The van der Waals surface area contributed by atoms with Crippen molar-refractivity contribution in [3.05, 3.63) is 54.1 Å². The molecule has 0 saturated carbocycles. The molecule has 2 aromatic carbocycles. The lowest BCUT2D eigenvalue weighted by Crippen LogP contribution is -2.14. The average molecular weight is 352 g/mol. The van der Waals surface area contributed by atoms with Crippen LogP contribution in [-0.4, -0.2) is 19.7 Å². The molecule has 136 valence electrons. The van der Waals surface area contributed by atoms with Crippen molar-refractivity contribution in [1.29, 1.82) is 0 Å². The Bertz CT molecular complexity index is 654. The summed E-state index contributed by atoms with van der Waals surface area (Å²) in [5.74, 6) is 1.29. The van der Waals surface area contributed by atoms with Crippen molar-refractivity contribution in [2.24, 2.45) is 5.92 Å². The van der Waals surface area contributed by atoms with Gasteiger partial charge in [-0.25, -0.2) is 0 Å². The quantitative estimate of drug-likeness (QED) is 0.636. The second kappa shape index (κ2) is 8.65. The highest BCUT2D eigenvalue weighted by Crippen LogP contribution is 2.30. The van der Waals surface area contributed by atoms with E-state index in [1.165, 1.54) is 6.07 Å². The van der Waals surface area contributed by atoms with E-state index in [1.54, 1.807) is 6.07 Å². The van der Waals surface area contributed by atoms with Crippen LogP contribution in [0.15, 0.2) is 48.5 Å². The molecular weight excluding hydrogens is 329 g/mol. The second-order valence-corrected chi connectivity index (χ2v) is 6.16. The zero-order valence-electron chi connectivity index (χ0n) is 14.4. The normalized spacial score (nSPS) is 11.4. The summed E-state index contributed by atoms with van der Waals surface area (Å²) in [7, 11) is 0. The zero-order valence-corrected chi connectivity index (χ0v) is 14.4. The molecule has 0 aliphatic carbocycles. The third-order valence-corrected chi connectivity index (χ3v) is 3.41. The summed E-state index contributed by atoms with van der Waals surface area (Å²) >= 11 is 0. The molecular formula is C19H23F3N2O. The molecule has 0 atom stereocenters. The van der Waals surface area contributed by atoms with Crippen LogP contribution in [0.2, 0.25) is 0 Å². The van der Waals surface area contributed by atoms with Gasteiger partial charge in [0.05, 0.1) is 12.2 Å². The number of benzene rings is 2. The van der Waals surface area contributed by atoms with Gasteiger partial charge < -0.3 is 15.4 Å². The molecule has 0 spiro atoms. The van der Waals surface area contributed by atoms with E-state index < -0.39 is 11.7 Å². The number of nitrogens with one attached hydrogen (secondary N) is 2. The first-order valence-corrected chi connectivity index (χ1v) is 8.22. The fourth-order valence-corrected chi connectivity index (χ4v) is 2.15. The largest absolute Gasteiger partial charge is 0.493 e. The van der Waals surface area contributed by atoms with Crippen LogP contribution in [0.5, 0.6) is 5.75 Å². The van der Waals surface area contributed by atoms with E-state index >= 15 is 0 Å². The highest BCUT2D eigenvalue weighted by Gasteiger charge is 2.30. The molecule has 6 heteroatoms. The number of hydrogen-bond donors (Lipinski definition) is 2. The van der Waals surface area contributed by atoms with Crippen molar-refractivity contribution >= 4 is 11.4 Å². The minimum Gasteiger partial charge on any atom is -0.493 e. The summed E-state index contributed by atoms with van der Waals surface area (Å²) in [5.41, 5.74) is 0.735. The monoisotopic (exact) mass is 352 g/mol. The van der Waals surface area contributed by atoms with E-state index in [4.69, 9.17) is 4.74 Å². The van der Waals surface area contributed by atoms with Crippen molar-refractivity contribution in [2.45, 2.75) is 20.0 Å². The molecule has 25 heavy (non-hydrogen) atoms. The van der Waals surface area contributed by atoms with Crippen LogP contribution in [0.1, 0.15) is 19.4 Å². The van der Waals surface area contributed by atoms with Crippen LogP contribution >= 0.6 is 0 Å². The van der Waals surface area contributed by atoms with E-state index in [0.717, 1.165) is 23.6 Å². The van der Waals surface area contributed by atoms with Gasteiger partial charge in [-0.3, -0.25) is 0 Å². The van der Waals surface area contributed by atoms with E-state index in [2.05, 4.69) is 24.5 Å². The molecule has 2 rings (SSSR count). The van der Waals surface area contributed by atoms with Crippen LogP contribution in [0.4, 0.5) is 24.5 Å². The Morgan fingerprint density at radius 3 is 2.16 bits per heavy atom. The van der Waals surface area contributed by atoms with Crippen molar-refractivity contribution in [3.8, 4) is 5.75 Å². The molecule has 0 amide bonds. The highest BCUT2D eigenvalue weighted by molar-refractivity contribution is 5.48. The number of hydrogen-bond acceptors (Lipinski definition) is 3. The standard InChI is InChI=1S/C19H23F3N2O/c1-14(2)13-25-18-8-6-16(7-9-18)23-10-11-24-17-5-3-4-15(12-17)19(20,21)22/h3-9,12,14,23-24H,10-11,13H2,1-2H3. The van der Waals surface area contributed by atoms with Gasteiger partial charge in [0, 0.05) is 24.5 Å². The van der Waals surface area contributed by atoms with Crippen molar-refractivity contribution in [3.63, 3.8) is 0 Å². The van der Waals surface area contributed by atoms with E-state index in [9.17, 15) is 13.2 Å². The molecule has 0 bridgehead atoms. The first-order valence-electron chi connectivity index (χ1n) is 8.22. The van der Waals surface area contributed by atoms with E-state index in [1.807, 2.05) is 24.3 Å². The lowest BCUT2D eigenvalue weighted by molar-refractivity contribution is -0.137. The van der Waals surface area contributed by atoms with Gasteiger partial charge in [-0.1, -0.05) is 19.9 Å². The average Bonchev–Trinajstić information content (AvgIpc) is 2.57. The number of ether oxygens (including phenoxy) is 1. The molecule has 0 fully saturated rings. The molecule has 0 aliphatic rings. The van der Waals surface area contributed by atoms with E-state index in [0.29, 0.717) is 31.3 Å². The molecule has 0 heterocycles. The Balaban J connectivity index is 1.76. The fraction of sp³-hybridized carbons (Fsp3) is 0.368. The smallest absolute Gasteiger partial charge is 0.416 e. The molecule has 0 aliphatic heterocycles. The summed E-state index contributed by atoms with van der Waals surface area (Å²) < 4.78 is 43.6. The van der Waals surface area contributed by atoms with Gasteiger partial charge in [0.15, 0.2) is 0 Å². The maximum Gasteiger partial charge on any atom is 0.416 e. The fourth-order valence-electron chi connectivity index (χ4n) is 2.15. The minimum atomic E-state index is -4.32. The van der Waals surface area contributed by atoms with Crippen LogP contribution in [0.3, 0.4) is 0 Å². The number of rotatable bonds is 8. The maximum absolute atomic E-state index is 12.7. The molecule has 3 nitrogen and oxygen atoms in total. The van der Waals surface area contributed by atoms with Crippen LogP contribution in [0, 0.1) is 5.92 Å². The third kappa shape index (κ3) is 6.57. The first kappa shape index (κ1) is 19.0. The maximum atomic E-state index is 12.7. The third-order valence-electron chi connectivity index (χ3n) is 3.41. The predicted molar refractivity (Wildman–Crippen MR) is 95.2 cm³/mol. The van der Waals surface area contributed by atoms with E-state index in [-0.39, 0.29) is 0 Å². The van der Waals surface area contributed by atoms with Crippen LogP contribution in [0.25, 0.3) is 0 Å². The molecule has 0 saturated heterocycles. The molecule has 2 N–H and O–H groups in total. The molecule has 0 aromatic heterocycles. The zero-order chi connectivity index (χ0) is 18.3. The van der Waals surface area contributed by atoms with Crippen molar-refractivity contribution < 1.29 is 17.9 Å². The van der Waals surface area contributed by atoms with Crippen molar-refractivity contribution in [2.75, 3.05) is 30.3 Å². The Morgan fingerprint density at radius 2 is 1.56 bits per heavy atom. The predicted octanol–water partition coefficient (Wildman–Crippen LogP) is 5.26. The Hall–Kier alpha value is -2.37. The van der Waals surface area contributed by atoms with Gasteiger partial charge in [-0.15, -0.1) is 0 Å². The Labute approximate surface area is 146 Å². The van der Waals surface area contributed by atoms with Gasteiger partial charge in [0.1, 0.15) is 5.75 Å². The molecule has 0 unspecified atom stereocenters. The summed E-state index contributed by atoms with van der Waals surface area (Å²) in [6, 6.07) is 12.8. The Kier molecular flexibility index (Phi) is 6.56. The minimum absolute atomic E-state index is 0.453. The first-order chi connectivity index (χ1) is 11.8. The lowest BCUT2D eigenvalue weighted by Gasteiger charge is -2.12. The second-order valence-electron chi connectivity index (χ2n) is 6.16. The van der Waals surface area contributed by atoms with Crippen LogP contribution in [-0.2, 0) is 6.18 Å². The number of anilines is 2. The summed E-state index contributed by atoms with van der Waals surface area (Å²) in [6.45, 7) is 5.95. The Morgan fingerprint density at radius 1 is 0.920 bits per heavy atom. The number of alkyl halides is 3.